The molecule has 0 aliphatic carbocycles. The normalized spacial score (nSPS) is 16.5. The Hall–Kier alpha value is -2.70. The molecule has 1 aliphatic rings. The zero-order chi connectivity index (χ0) is 18.6. The van der Waals surface area contributed by atoms with Crippen molar-refractivity contribution in [1.29, 1.82) is 0 Å². The van der Waals surface area contributed by atoms with Gasteiger partial charge in [0, 0.05) is 18.5 Å². The van der Waals surface area contributed by atoms with Gasteiger partial charge in [-0.15, -0.1) is 11.3 Å². The minimum absolute atomic E-state index is 0.0186. The maximum atomic E-state index is 12.7. The molecule has 0 unspecified atom stereocenters. The summed E-state index contributed by atoms with van der Waals surface area (Å²) in [5, 5.41) is 2.60. The summed E-state index contributed by atoms with van der Waals surface area (Å²) in [6.45, 7) is 2.09. The van der Waals surface area contributed by atoms with E-state index in [1.807, 2.05) is 64.9 Å². The Bertz CT molecular complexity index is 926. The van der Waals surface area contributed by atoms with E-state index in [0.717, 1.165) is 41.6 Å². The lowest BCUT2D eigenvalue weighted by Crippen LogP contribution is -2.30. The molecule has 27 heavy (non-hydrogen) atoms. The molecule has 1 fully saturated rings. The zero-order valence-corrected chi connectivity index (χ0v) is 15.7. The number of thiazole rings is 1. The molecule has 2 aromatic carbocycles. The van der Waals surface area contributed by atoms with Crippen LogP contribution < -0.4 is 10.5 Å². The average molecular weight is 379 g/mol. The number of para-hydroxylation sites is 2. The van der Waals surface area contributed by atoms with Gasteiger partial charge in [-0.2, -0.15) is 0 Å². The second kappa shape index (κ2) is 7.90. The van der Waals surface area contributed by atoms with Crippen LogP contribution in [0.4, 0.5) is 0 Å². The van der Waals surface area contributed by atoms with Gasteiger partial charge in [0.25, 0.3) is 5.91 Å². The second-order valence-electron chi connectivity index (χ2n) is 6.59. The van der Waals surface area contributed by atoms with Gasteiger partial charge in [-0.3, -0.25) is 4.79 Å². The topological polar surface area (TPSA) is 68.5 Å². The highest BCUT2D eigenvalue weighted by Gasteiger charge is 2.27. The fourth-order valence-electron chi connectivity index (χ4n) is 3.22. The Labute approximate surface area is 162 Å². The molecule has 0 bridgehead atoms. The molecule has 138 valence electrons. The predicted octanol–water partition coefficient (Wildman–Crippen LogP) is 4.02. The van der Waals surface area contributed by atoms with Crippen molar-refractivity contribution < 1.29 is 9.53 Å². The molecule has 1 aromatic heterocycles. The van der Waals surface area contributed by atoms with Crippen LogP contribution in [0.25, 0.3) is 10.6 Å². The minimum atomic E-state index is -0.0186. The van der Waals surface area contributed by atoms with Gasteiger partial charge in [-0.25, -0.2) is 4.98 Å². The first kappa shape index (κ1) is 17.7. The third-order valence-electron chi connectivity index (χ3n) is 4.72. The number of ether oxygens (including phenoxy) is 1. The Morgan fingerprint density at radius 2 is 1.96 bits per heavy atom. The molecular formula is C21H21N3O2S. The molecule has 3 aromatic rings. The van der Waals surface area contributed by atoms with Gasteiger partial charge < -0.3 is 15.4 Å². The minimum Gasteiger partial charge on any atom is -0.457 e. The fraction of sp³-hybridized carbons (Fsp3) is 0.238. The number of aromatic nitrogens is 1. The van der Waals surface area contributed by atoms with Crippen molar-refractivity contribution >= 4 is 17.2 Å². The lowest BCUT2D eigenvalue weighted by molar-refractivity contribution is 0.0782. The number of nitrogens with zero attached hydrogens (tertiary/aromatic N) is 2. The standard InChI is InChI=1S/C21H21N3O2S/c22-12-15-10-11-24(13-15)21(25)18-14-27-20(23-18)17-8-4-5-9-19(17)26-16-6-2-1-3-7-16/h1-9,14-15H,10-13,22H2/t15-/m0/s1. The van der Waals surface area contributed by atoms with E-state index in [2.05, 4.69) is 4.98 Å². The van der Waals surface area contributed by atoms with Crippen LogP contribution in [0.1, 0.15) is 16.9 Å². The molecule has 1 saturated heterocycles. The van der Waals surface area contributed by atoms with Crippen molar-refractivity contribution in [3.05, 3.63) is 65.7 Å². The number of carbonyl (C=O) groups is 1. The number of rotatable bonds is 5. The molecule has 1 aliphatic heterocycles. The molecule has 2 heterocycles. The molecule has 1 atom stereocenters. The third kappa shape index (κ3) is 3.86. The van der Waals surface area contributed by atoms with E-state index >= 15 is 0 Å². The Kier molecular flexibility index (Phi) is 5.18. The molecule has 5 nitrogen and oxygen atoms in total. The lowest BCUT2D eigenvalue weighted by atomic mass is 10.1. The van der Waals surface area contributed by atoms with Crippen LogP contribution >= 0.6 is 11.3 Å². The maximum absolute atomic E-state index is 12.7. The first-order valence-electron chi connectivity index (χ1n) is 9.02. The summed E-state index contributed by atoms with van der Waals surface area (Å²) in [6.07, 6.45) is 0.965. The molecule has 0 radical (unpaired) electrons. The van der Waals surface area contributed by atoms with Crippen LogP contribution in [0.5, 0.6) is 11.5 Å². The summed E-state index contributed by atoms with van der Waals surface area (Å²) in [5.74, 6) is 1.87. The summed E-state index contributed by atoms with van der Waals surface area (Å²) in [4.78, 5) is 19.2. The van der Waals surface area contributed by atoms with Crippen molar-refractivity contribution in [3.63, 3.8) is 0 Å². The SMILES string of the molecule is NC[C@@H]1CCN(C(=O)c2csc(-c3ccccc3Oc3ccccc3)n2)C1. The van der Waals surface area contributed by atoms with Crippen molar-refractivity contribution in [2.24, 2.45) is 11.7 Å². The highest BCUT2D eigenvalue weighted by atomic mass is 32.1. The Balaban J connectivity index is 1.56. The summed E-state index contributed by atoms with van der Waals surface area (Å²) < 4.78 is 6.02. The molecule has 1 amide bonds. The van der Waals surface area contributed by atoms with Gasteiger partial charge in [-0.05, 0) is 43.1 Å². The zero-order valence-electron chi connectivity index (χ0n) is 14.9. The molecule has 0 spiro atoms. The van der Waals surface area contributed by atoms with Gasteiger partial charge in [0.05, 0.1) is 5.56 Å². The van der Waals surface area contributed by atoms with Crippen molar-refractivity contribution in [2.45, 2.75) is 6.42 Å². The van der Waals surface area contributed by atoms with E-state index < -0.39 is 0 Å². The largest absolute Gasteiger partial charge is 0.457 e. The monoisotopic (exact) mass is 379 g/mol. The third-order valence-corrected chi connectivity index (χ3v) is 5.59. The number of hydrogen-bond donors (Lipinski definition) is 1. The highest BCUT2D eigenvalue weighted by molar-refractivity contribution is 7.13. The predicted molar refractivity (Wildman–Crippen MR) is 107 cm³/mol. The van der Waals surface area contributed by atoms with Gasteiger partial charge in [0.2, 0.25) is 0 Å². The van der Waals surface area contributed by atoms with Gasteiger partial charge >= 0.3 is 0 Å². The first-order chi connectivity index (χ1) is 13.2. The van der Waals surface area contributed by atoms with E-state index in [1.54, 1.807) is 0 Å². The number of carbonyl (C=O) groups excluding carboxylic acids is 1. The van der Waals surface area contributed by atoms with Crippen LogP contribution in [-0.4, -0.2) is 35.4 Å². The summed E-state index contributed by atoms with van der Waals surface area (Å²) in [5.41, 5.74) is 7.10. The van der Waals surface area contributed by atoms with Gasteiger partial charge in [-0.1, -0.05) is 30.3 Å². The maximum Gasteiger partial charge on any atom is 0.273 e. The van der Waals surface area contributed by atoms with Crippen LogP contribution in [0.3, 0.4) is 0 Å². The molecule has 4 rings (SSSR count). The van der Waals surface area contributed by atoms with Crippen molar-refractivity contribution in [1.82, 2.24) is 9.88 Å². The quantitative estimate of drug-likeness (QED) is 0.727. The van der Waals surface area contributed by atoms with Gasteiger partial charge in [0.1, 0.15) is 22.2 Å². The number of amides is 1. The van der Waals surface area contributed by atoms with Crippen LogP contribution in [-0.2, 0) is 0 Å². The number of likely N-dealkylation sites (tertiary alicyclic amines) is 1. The average Bonchev–Trinajstić information content (AvgIpc) is 3.38. The first-order valence-corrected chi connectivity index (χ1v) is 9.89. The Morgan fingerprint density at radius 3 is 2.74 bits per heavy atom. The van der Waals surface area contributed by atoms with E-state index in [0.29, 0.717) is 18.2 Å². The second-order valence-corrected chi connectivity index (χ2v) is 7.45. The molecule has 6 heteroatoms. The van der Waals surface area contributed by atoms with Crippen molar-refractivity contribution in [2.75, 3.05) is 19.6 Å². The summed E-state index contributed by atoms with van der Waals surface area (Å²) >= 11 is 1.46. The molecular weight excluding hydrogens is 358 g/mol. The number of benzene rings is 2. The lowest BCUT2D eigenvalue weighted by Gasteiger charge is -2.14. The van der Waals surface area contributed by atoms with E-state index in [-0.39, 0.29) is 5.91 Å². The Morgan fingerprint density at radius 1 is 1.19 bits per heavy atom. The molecule has 2 N–H and O–H groups in total. The van der Waals surface area contributed by atoms with Crippen molar-refractivity contribution in [3.8, 4) is 22.1 Å². The van der Waals surface area contributed by atoms with Crippen LogP contribution in [0.2, 0.25) is 0 Å². The highest BCUT2D eigenvalue weighted by Crippen LogP contribution is 2.35. The van der Waals surface area contributed by atoms with E-state index in [4.69, 9.17) is 10.5 Å². The fourth-order valence-corrected chi connectivity index (χ4v) is 4.04. The van der Waals surface area contributed by atoms with E-state index in [9.17, 15) is 4.79 Å². The number of hydrogen-bond acceptors (Lipinski definition) is 5. The van der Waals surface area contributed by atoms with Gasteiger partial charge in [0.15, 0.2) is 0 Å². The summed E-state index contributed by atoms with van der Waals surface area (Å²) in [7, 11) is 0. The van der Waals surface area contributed by atoms with Crippen LogP contribution in [0.15, 0.2) is 60.0 Å². The van der Waals surface area contributed by atoms with Crippen LogP contribution in [0, 0.1) is 5.92 Å². The summed E-state index contributed by atoms with van der Waals surface area (Å²) in [6, 6.07) is 17.4. The smallest absolute Gasteiger partial charge is 0.273 e. The molecule has 0 saturated carbocycles. The number of nitrogens with two attached hydrogens (primary N) is 1. The van der Waals surface area contributed by atoms with E-state index in [1.165, 1.54) is 11.3 Å².